The van der Waals surface area contributed by atoms with E-state index in [1.165, 1.54) is 11.1 Å². The van der Waals surface area contributed by atoms with Crippen LogP contribution >= 0.6 is 0 Å². The van der Waals surface area contributed by atoms with E-state index in [0.29, 0.717) is 43.1 Å². The molecule has 4 N–H and O–H groups in total. The second kappa shape index (κ2) is 11.3. The molecule has 1 aromatic heterocycles. The fourth-order valence-electron chi connectivity index (χ4n) is 6.55. The molecule has 2 aromatic rings. The molecule has 40 heavy (non-hydrogen) atoms. The lowest BCUT2D eigenvalue weighted by Gasteiger charge is -2.36. The number of carbonyl (C=O) groups is 4. The third-order valence-corrected chi connectivity index (χ3v) is 8.65. The van der Waals surface area contributed by atoms with Crippen LogP contribution in [0.15, 0.2) is 30.5 Å². The Hall–Kier alpha value is -3.89. The summed E-state index contributed by atoms with van der Waals surface area (Å²) < 4.78 is 1.49. The van der Waals surface area contributed by atoms with Crippen molar-refractivity contribution in [1.82, 2.24) is 30.6 Å². The number of benzene rings is 1. The van der Waals surface area contributed by atoms with Gasteiger partial charge < -0.3 is 26.2 Å². The van der Waals surface area contributed by atoms with Crippen molar-refractivity contribution in [2.45, 2.75) is 75.9 Å². The number of amides is 5. The average Bonchev–Trinajstić information content (AvgIpc) is 3.64. The van der Waals surface area contributed by atoms with E-state index >= 15 is 0 Å². The number of fused-ring (bicyclic) bond motifs is 1. The zero-order valence-electron chi connectivity index (χ0n) is 23.5. The Bertz CT molecular complexity index is 1300. The number of likely N-dealkylation sites (N-methyl/N-ethyl adjacent to an activating group) is 1. The van der Waals surface area contributed by atoms with Crippen LogP contribution in [0, 0.1) is 5.92 Å². The summed E-state index contributed by atoms with van der Waals surface area (Å²) in [5, 5.41) is 15.7. The molecule has 0 spiro atoms. The van der Waals surface area contributed by atoms with E-state index in [2.05, 4.69) is 26.4 Å². The van der Waals surface area contributed by atoms with Crippen LogP contribution in [0.5, 0.6) is 0 Å². The van der Waals surface area contributed by atoms with Crippen LogP contribution in [0.1, 0.15) is 67.1 Å². The quantitative estimate of drug-likeness (QED) is 0.400. The maximum atomic E-state index is 13.6. The fourth-order valence-corrected chi connectivity index (χ4v) is 6.55. The van der Waals surface area contributed by atoms with Gasteiger partial charge in [0.15, 0.2) is 0 Å². The van der Waals surface area contributed by atoms with Gasteiger partial charge in [-0.1, -0.05) is 38.2 Å². The minimum Gasteiger partial charge on any atom is -0.357 e. The van der Waals surface area contributed by atoms with E-state index < -0.39 is 11.6 Å². The molecule has 0 radical (unpaired) electrons. The lowest BCUT2D eigenvalue weighted by atomic mass is 9.84. The first kappa shape index (κ1) is 27.7. The molecule has 3 atom stereocenters. The Kier molecular flexibility index (Phi) is 7.82. The summed E-state index contributed by atoms with van der Waals surface area (Å²) >= 11 is 0. The number of urea groups is 1. The minimum absolute atomic E-state index is 0.0461. The van der Waals surface area contributed by atoms with Crippen LogP contribution in [0.2, 0.25) is 0 Å². The van der Waals surface area contributed by atoms with E-state index in [9.17, 15) is 19.2 Å². The Balaban J connectivity index is 1.34. The van der Waals surface area contributed by atoms with Crippen LogP contribution in [0.3, 0.4) is 0 Å². The van der Waals surface area contributed by atoms with Gasteiger partial charge in [0.1, 0.15) is 17.3 Å². The highest BCUT2D eigenvalue weighted by molar-refractivity contribution is 6.00. The zero-order chi connectivity index (χ0) is 28.4. The number of aryl methyl sites for hydroxylation is 1. The molecule has 1 saturated heterocycles. The van der Waals surface area contributed by atoms with E-state index in [4.69, 9.17) is 0 Å². The highest BCUT2D eigenvalue weighted by atomic mass is 16.2. The number of rotatable bonds is 8. The van der Waals surface area contributed by atoms with Crippen LogP contribution in [-0.4, -0.2) is 69.6 Å². The maximum Gasteiger partial charge on any atom is 0.318 e. The number of aromatic nitrogens is 2. The molecule has 214 valence electrons. The topological polar surface area (TPSA) is 137 Å². The van der Waals surface area contributed by atoms with Gasteiger partial charge in [0, 0.05) is 51.4 Å². The molecule has 5 rings (SSSR count). The van der Waals surface area contributed by atoms with Gasteiger partial charge in [-0.15, -0.1) is 0 Å². The molecule has 1 aliphatic heterocycles. The van der Waals surface area contributed by atoms with E-state index in [0.717, 1.165) is 36.8 Å². The number of anilines is 1. The zero-order valence-corrected chi connectivity index (χ0v) is 23.5. The van der Waals surface area contributed by atoms with Crippen molar-refractivity contribution in [1.29, 1.82) is 0 Å². The summed E-state index contributed by atoms with van der Waals surface area (Å²) in [6.07, 6.45) is 8.47. The summed E-state index contributed by atoms with van der Waals surface area (Å²) in [5.74, 6) is -0.440. The SMILES string of the molecule is CNC(=O)C1(N2CC(C)NC2=O)Cc2ccc(NC(=O)[C@H](CC3CCCCC3)NC(=O)c3ccnn3C)cc2C1. The van der Waals surface area contributed by atoms with E-state index in [1.807, 2.05) is 25.1 Å². The van der Waals surface area contributed by atoms with Gasteiger partial charge in [-0.2, -0.15) is 5.10 Å². The van der Waals surface area contributed by atoms with Gasteiger partial charge >= 0.3 is 6.03 Å². The monoisotopic (exact) mass is 549 g/mol. The lowest BCUT2D eigenvalue weighted by Crippen LogP contribution is -2.60. The van der Waals surface area contributed by atoms with Crippen molar-refractivity contribution >= 4 is 29.4 Å². The Morgan fingerprint density at radius 1 is 1.12 bits per heavy atom. The normalized spacial score (nSPS) is 23.3. The molecule has 11 nitrogen and oxygen atoms in total. The number of hydrogen-bond acceptors (Lipinski definition) is 5. The first-order valence-electron chi connectivity index (χ1n) is 14.2. The van der Waals surface area contributed by atoms with Gasteiger partial charge in [-0.25, -0.2) is 4.79 Å². The molecule has 0 bridgehead atoms. The maximum absolute atomic E-state index is 13.6. The highest BCUT2D eigenvalue weighted by Gasteiger charge is 2.52. The van der Waals surface area contributed by atoms with Crippen molar-refractivity contribution < 1.29 is 19.2 Å². The van der Waals surface area contributed by atoms with Crippen LogP contribution in [-0.2, 0) is 29.5 Å². The highest BCUT2D eigenvalue weighted by Crippen LogP contribution is 2.38. The van der Waals surface area contributed by atoms with Crippen molar-refractivity contribution in [3.63, 3.8) is 0 Å². The van der Waals surface area contributed by atoms with Gasteiger partial charge in [0.05, 0.1) is 0 Å². The number of nitrogens with one attached hydrogen (secondary N) is 4. The standard InChI is InChI=1S/C29H39N7O4/c1-18-17-36(28(40)32-18)29(27(39)30-2)15-20-9-10-22(14-21(20)16-29)33-25(37)23(13-19-7-5-4-6-8-19)34-26(38)24-11-12-31-35(24)3/h9-12,14,18-19,23H,4-8,13,15-17H2,1-3H3,(H,30,39)(H,32,40)(H,33,37)(H,34,38)/t18?,23-,29?/m0/s1. The summed E-state index contributed by atoms with van der Waals surface area (Å²) in [4.78, 5) is 54.1. The predicted molar refractivity (Wildman–Crippen MR) is 150 cm³/mol. The Morgan fingerprint density at radius 2 is 1.88 bits per heavy atom. The lowest BCUT2D eigenvalue weighted by molar-refractivity contribution is -0.130. The smallest absolute Gasteiger partial charge is 0.318 e. The molecule has 2 aliphatic carbocycles. The molecule has 1 aromatic carbocycles. The van der Waals surface area contributed by atoms with Gasteiger partial charge in [0.2, 0.25) is 11.8 Å². The van der Waals surface area contributed by atoms with Crippen LogP contribution in [0.25, 0.3) is 0 Å². The summed E-state index contributed by atoms with van der Waals surface area (Å²) in [5.41, 5.74) is 1.85. The summed E-state index contributed by atoms with van der Waals surface area (Å²) in [6, 6.07) is 6.27. The molecular weight excluding hydrogens is 510 g/mol. The molecule has 2 fully saturated rings. The molecule has 5 amide bonds. The van der Waals surface area contributed by atoms with Crippen molar-refractivity contribution in [2.75, 3.05) is 18.9 Å². The first-order valence-corrected chi connectivity index (χ1v) is 14.2. The van der Waals surface area contributed by atoms with Gasteiger partial charge in [0.25, 0.3) is 5.91 Å². The summed E-state index contributed by atoms with van der Waals surface area (Å²) in [6.45, 7) is 2.37. The molecule has 1 saturated carbocycles. The van der Waals surface area contributed by atoms with Crippen LogP contribution in [0.4, 0.5) is 10.5 Å². The largest absolute Gasteiger partial charge is 0.357 e. The van der Waals surface area contributed by atoms with E-state index in [-0.39, 0.29) is 29.8 Å². The second-order valence-electron chi connectivity index (χ2n) is 11.5. The van der Waals surface area contributed by atoms with Crippen molar-refractivity contribution in [3.05, 3.63) is 47.3 Å². The number of hydrogen-bond donors (Lipinski definition) is 4. The summed E-state index contributed by atoms with van der Waals surface area (Å²) in [7, 11) is 3.28. The van der Waals surface area contributed by atoms with Gasteiger partial charge in [-0.3, -0.25) is 19.1 Å². The van der Waals surface area contributed by atoms with Crippen LogP contribution < -0.4 is 21.3 Å². The molecule has 2 heterocycles. The third kappa shape index (κ3) is 5.41. The predicted octanol–water partition coefficient (Wildman–Crippen LogP) is 2.12. The van der Waals surface area contributed by atoms with Crippen molar-refractivity contribution in [2.24, 2.45) is 13.0 Å². The second-order valence-corrected chi connectivity index (χ2v) is 11.5. The molecule has 3 aliphatic rings. The van der Waals surface area contributed by atoms with Crippen molar-refractivity contribution in [3.8, 4) is 0 Å². The minimum atomic E-state index is -1.02. The number of carbonyl (C=O) groups excluding carboxylic acids is 4. The van der Waals surface area contributed by atoms with E-state index in [1.54, 1.807) is 31.3 Å². The fraction of sp³-hybridized carbons (Fsp3) is 0.552. The number of nitrogens with zero attached hydrogens (tertiary/aromatic N) is 3. The third-order valence-electron chi connectivity index (χ3n) is 8.65. The Morgan fingerprint density at radius 3 is 2.52 bits per heavy atom. The Labute approximate surface area is 234 Å². The molecule has 11 heteroatoms. The molecule has 2 unspecified atom stereocenters. The molecular formula is C29H39N7O4. The first-order chi connectivity index (χ1) is 19.2. The average molecular weight is 550 g/mol. The van der Waals surface area contributed by atoms with Gasteiger partial charge in [-0.05, 0) is 48.6 Å².